The van der Waals surface area contributed by atoms with Crippen molar-refractivity contribution < 1.29 is 9.13 Å². The molecule has 0 amide bonds. The fourth-order valence-corrected chi connectivity index (χ4v) is 3.08. The van der Waals surface area contributed by atoms with Gasteiger partial charge in [0.2, 0.25) is 0 Å². The molecule has 2 aromatic rings. The van der Waals surface area contributed by atoms with Gasteiger partial charge in [0.1, 0.15) is 18.2 Å². The van der Waals surface area contributed by atoms with Gasteiger partial charge in [-0.3, -0.25) is 0 Å². The highest BCUT2D eigenvalue weighted by atomic mass is 79.9. The third-order valence-corrected chi connectivity index (χ3v) is 4.63. The van der Waals surface area contributed by atoms with Crippen molar-refractivity contribution in [2.24, 2.45) is 0 Å². The Morgan fingerprint density at radius 1 is 1.00 bits per heavy atom. The second kappa shape index (κ2) is 11.3. The van der Waals surface area contributed by atoms with Gasteiger partial charge in [-0.2, -0.15) is 0 Å². The maximum Gasteiger partial charge on any atom is 0.129 e. The zero-order valence-corrected chi connectivity index (χ0v) is 16.4. The van der Waals surface area contributed by atoms with Crippen molar-refractivity contribution in [3.05, 3.63) is 63.9 Å². The summed E-state index contributed by atoms with van der Waals surface area (Å²) < 4.78 is 20.6. The molecule has 0 atom stereocenters. The summed E-state index contributed by atoms with van der Waals surface area (Å²) in [5.74, 6) is 0.566. The molecular weight excluding hydrogens is 381 g/mol. The van der Waals surface area contributed by atoms with Gasteiger partial charge in [0.25, 0.3) is 0 Å². The van der Waals surface area contributed by atoms with Crippen LogP contribution in [0.1, 0.15) is 50.2 Å². The van der Waals surface area contributed by atoms with Crippen molar-refractivity contribution in [1.82, 2.24) is 5.32 Å². The molecule has 0 aliphatic carbocycles. The van der Waals surface area contributed by atoms with Crippen molar-refractivity contribution in [2.45, 2.75) is 52.2 Å². The molecule has 2 aromatic carbocycles. The number of halogens is 2. The smallest absolute Gasteiger partial charge is 0.129 e. The van der Waals surface area contributed by atoms with Crippen LogP contribution in [0, 0.1) is 5.82 Å². The van der Waals surface area contributed by atoms with Gasteiger partial charge >= 0.3 is 0 Å². The lowest BCUT2D eigenvalue weighted by atomic mass is 10.1. The first-order chi connectivity index (χ1) is 12.2. The fourth-order valence-electron chi connectivity index (χ4n) is 2.67. The Hall–Kier alpha value is -1.39. The molecule has 1 N–H and O–H groups in total. The van der Waals surface area contributed by atoms with Gasteiger partial charge in [0.15, 0.2) is 0 Å². The van der Waals surface area contributed by atoms with Gasteiger partial charge in [-0.25, -0.2) is 4.39 Å². The molecule has 0 saturated heterocycles. The van der Waals surface area contributed by atoms with Gasteiger partial charge < -0.3 is 10.1 Å². The molecule has 0 heterocycles. The monoisotopic (exact) mass is 407 g/mol. The van der Waals surface area contributed by atoms with E-state index in [1.165, 1.54) is 38.2 Å². The van der Waals surface area contributed by atoms with Crippen molar-refractivity contribution in [1.29, 1.82) is 0 Å². The maximum atomic E-state index is 13.7. The molecule has 0 radical (unpaired) electrons. The Kier molecular flexibility index (Phi) is 8.98. The first-order valence-electron chi connectivity index (χ1n) is 9.06. The predicted molar refractivity (Wildman–Crippen MR) is 105 cm³/mol. The van der Waals surface area contributed by atoms with Crippen LogP contribution >= 0.6 is 15.9 Å². The van der Waals surface area contributed by atoms with E-state index in [0.29, 0.717) is 5.56 Å². The zero-order chi connectivity index (χ0) is 17.9. The molecule has 0 bridgehead atoms. The van der Waals surface area contributed by atoms with Crippen LogP contribution in [0.25, 0.3) is 0 Å². The van der Waals surface area contributed by atoms with Crippen LogP contribution in [0.5, 0.6) is 5.75 Å². The Labute approximate surface area is 158 Å². The van der Waals surface area contributed by atoms with E-state index < -0.39 is 0 Å². The lowest BCUT2D eigenvalue weighted by molar-refractivity contribution is 0.296. The first-order valence-corrected chi connectivity index (χ1v) is 9.85. The summed E-state index contributed by atoms with van der Waals surface area (Å²) in [6.45, 7) is 4.22. The summed E-state index contributed by atoms with van der Waals surface area (Å²) in [4.78, 5) is 0. The third kappa shape index (κ3) is 7.17. The number of rotatable bonds is 11. The summed E-state index contributed by atoms with van der Waals surface area (Å²) in [5, 5.41) is 3.48. The zero-order valence-electron chi connectivity index (χ0n) is 14.9. The van der Waals surface area contributed by atoms with E-state index in [4.69, 9.17) is 4.74 Å². The Bertz CT molecular complexity index is 648. The normalized spacial score (nSPS) is 10.8. The highest BCUT2D eigenvalue weighted by Gasteiger charge is 2.07. The van der Waals surface area contributed by atoms with Gasteiger partial charge in [-0.05, 0) is 37.2 Å². The SMILES string of the molecule is CCCCCCCNCc1cc(Br)ccc1OCc1ccccc1F. The van der Waals surface area contributed by atoms with Crippen LogP contribution in [-0.4, -0.2) is 6.54 Å². The quantitative estimate of drug-likeness (QED) is 0.445. The van der Waals surface area contributed by atoms with E-state index in [1.807, 2.05) is 18.2 Å². The summed E-state index contributed by atoms with van der Waals surface area (Å²) in [5.41, 5.74) is 1.65. The molecule has 0 saturated carbocycles. The summed E-state index contributed by atoms with van der Waals surface area (Å²) in [6, 6.07) is 12.7. The first kappa shape index (κ1) is 19.9. The lowest BCUT2D eigenvalue weighted by Gasteiger charge is -2.13. The fraction of sp³-hybridized carbons (Fsp3) is 0.429. The van der Waals surface area contributed by atoms with Crippen molar-refractivity contribution >= 4 is 15.9 Å². The molecule has 0 aliphatic heterocycles. The molecule has 0 fully saturated rings. The average molecular weight is 408 g/mol. The number of hydrogen-bond acceptors (Lipinski definition) is 2. The number of hydrogen-bond donors (Lipinski definition) is 1. The Balaban J connectivity index is 1.85. The van der Waals surface area contributed by atoms with E-state index in [0.717, 1.165) is 28.9 Å². The number of benzene rings is 2. The van der Waals surface area contributed by atoms with Crippen LogP contribution in [-0.2, 0) is 13.2 Å². The number of ether oxygens (including phenoxy) is 1. The van der Waals surface area contributed by atoms with E-state index in [1.54, 1.807) is 12.1 Å². The molecule has 0 spiro atoms. The molecule has 0 aromatic heterocycles. The second-order valence-electron chi connectivity index (χ2n) is 6.22. The highest BCUT2D eigenvalue weighted by molar-refractivity contribution is 9.10. The minimum Gasteiger partial charge on any atom is -0.488 e. The summed E-state index contributed by atoms with van der Waals surface area (Å²) in [7, 11) is 0. The van der Waals surface area contributed by atoms with E-state index in [2.05, 4.69) is 34.2 Å². The third-order valence-electron chi connectivity index (χ3n) is 4.14. The Morgan fingerprint density at radius 2 is 1.80 bits per heavy atom. The van der Waals surface area contributed by atoms with Crippen molar-refractivity contribution in [2.75, 3.05) is 6.54 Å². The van der Waals surface area contributed by atoms with Gasteiger partial charge in [-0.15, -0.1) is 0 Å². The van der Waals surface area contributed by atoms with E-state index in [-0.39, 0.29) is 12.4 Å². The second-order valence-corrected chi connectivity index (χ2v) is 7.14. The maximum absolute atomic E-state index is 13.7. The molecule has 2 rings (SSSR count). The predicted octanol–water partition coefficient (Wildman–Crippen LogP) is 6.23. The molecule has 136 valence electrons. The largest absolute Gasteiger partial charge is 0.488 e. The summed E-state index contributed by atoms with van der Waals surface area (Å²) >= 11 is 3.51. The molecule has 0 unspecified atom stereocenters. The molecule has 4 heteroatoms. The lowest BCUT2D eigenvalue weighted by Crippen LogP contribution is -2.15. The van der Waals surface area contributed by atoms with E-state index in [9.17, 15) is 4.39 Å². The van der Waals surface area contributed by atoms with Crippen molar-refractivity contribution in [3.63, 3.8) is 0 Å². The van der Waals surface area contributed by atoms with Gasteiger partial charge in [0, 0.05) is 22.1 Å². The molecule has 2 nitrogen and oxygen atoms in total. The van der Waals surface area contributed by atoms with Gasteiger partial charge in [0.05, 0.1) is 0 Å². The summed E-state index contributed by atoms with van der Waals surface area (Å²) in [6.07, 6.45) is 6.37. The minimum atomic E-state index is -0.230. The van der Waals surface area contributed by atoms with Crippen LogP contribution in [0.3, 0.4) is 0 Å². The van der Waals surface area contributed by atoms with Crippen LogP contribution in [0.2, 0.25) is 0 Å². The van der Waals surface area contributed by atoms with E-state index >= 15 is 0 Å². The molecule has 25 heavy (non-hydrogen) atoms. The number of nitrogens with one attached hydrogen (secondary N) is 1. The molecule has 0 aliphatic rings. The van der Waals surface area contributed by atoms with Gasteiger partial charge in [-0.1, -0.05) is 66.7 Å². The Morgan fingerprint density at radius 3 is 2.60 bits per heavy atom. The van der Waals surface area contributed by atoms with Crippen LogP contribution in [0.15, 0.2) is 46.9 Å². The van der Waals surface area contributed by atoms with Crippen LogP contribution in [0.4, 0.5) is 4.39 Å². The van der Waals surface area contributed by atoms with Crippen molar-refractivity contribution in [3.8, 4) is 5.75 Å². The van der Waals surface area contributed by atoms with Crippen LogP contribution < -0.4 is 10.1 Å². The standard InChI is InChI=1S/C21H27BrFNO/c1-2-3-4-5-8-13-24-15-18-14-19(22)11-12-21(18)25-16-17-9-6-7-10-20(17)23/h6-7,9-12,14,24H,2-5,8,13,15-16H2,1H3. The average Bonchev–Trinajstić information content (AvgIpc) is 2.61. The topological polar surface area (TPSA) is 21.3 Å². The molecular formula is C21H27BrFNO. The number of unbranched alkanes of at least 4 members (excludes halogenated alkanes) is 4. The highest BCUT2D eigenvalue weighted by Crippen LogP contribution is 2.24. The minimum absolute atomic E-state index is 0.230.